The lowest BCUT2D eigenvalue weighted by atomic mass is 9.93. The fraction of sp³-hybridized carbons (Fsp3) is 0.500. The van der Waals surface area contributed by atoms with Crippen molar-refractivity contribution in [1.82, 2.24) is 9.97 Å². The van der Waals surface area contributed by atoms with E-state index < -0.39 is 0 Å². The normalized spacial score (nSPS) is 11.5. The predicted octanol–water partition coefficient (Wildman–Crippen LogP) is 1.36. The van der Waals surface area contributed by atoms with Crippen LogP contribution in [0.5, 0.6) is 0 Å². The summed E-state index contributed by atoms with van der Waals surface area (Å²) in [6.45, 7) is 6.24. The van der Waals surface area contributed by atoms with Crippen molar-refractivity contribution in [2.45, 2.75) is 26.2 Å². The van der Waals surface area contributed by atoms with E-state index in [2.05, 4.69) is 30.7 Å². The van der Waals surface area contributed by atoms with Crippen LogP contribution in [0.2, 0.25) is 0 Å². The molecule has 1 rings (SSSR count). The lowest BCUT2D eigenvalue weighted by molar-refractivity contribution is 0.566. The van der Waals surface area contributed by atoms with E-state index in [1.165, 1.54) is 0 Å². The maximum absolute atomic E-state index is 5.48. The van der Waals surface area contributed by atoms with Gasteiger partial charge < -0.3 is 5.73 Å². The highest BCUT2D eigenvalue weighted by atomic mass is 14.9. The van der Waals surface area contributed by atoms with Crippen molar-refractivity contribution in [2.75, 3.05) is 5.73 Å². The summed E-state index contributed by atoms with van der Waals surface area (Å²) in [5.41, 5.74) is 6.44. The molecule has 0 aliphatic carbocycles. The quantitative estimate of drug-likeness (QED) is 0.609. The van der Waals surface area contributed by atoms with Gasteiger partial charge in [-0.2, -0.15) is 0 Å². The van der Waals surface area contributed by atoms with Crippen molar-refractivity contribution in [3.8, 4) is 0 Å². The second kappa shape index (κ2) is 2.49. The summed E-state index contributed by atoms with van der Waals surface area (Å²) in [5.74, 6) is 0.484. The van der Waals surface area contributed by atoms with Crippen LogP contribution in [0.3, 0.4) is 0 Å². The Morgan fingerprint density at radius 1 is 1.27 bits per heavy atom. The first kappa shape index (κ1) is 7.98. The molecule has 0 radical (unpaired) electrons. The summed E-state index contributed by atoms with van der Waals surface area (Å²) >= 11 is 0. The zero-order chi connectivity index (χ0) is 8.48. The van der Waals surface area contributed by atoms with E-state index in [0.29, 0.717) is 5.82 Å². The van der Waals surface area contributed by atoms with E-state index in [-0.39, 0.29) is 5.41 Å². The van der Waals surface area contributed by atoms with E-state index in [1.807, 2.05) is 0 Å². The monoisotopic (exact) mass is 151 g/mol. The number of anilines is 1. The molecule has 0 aliphatic rings. The average molecular weight is 151 g/mol. The molecule has 3 heteroatoms. The van der Waals surface area contributed by atoms with Crippen molar-refractivity contribution in [2.24, 2.45) is 0 Å². The molecule has 0 saturated heterocycles. The maximum atomic E-state index is 5.48. The summed E-state index contributed by atoms with van der Waals surface area (Å²) in [4.78, 5) is 8.12. The van der Waals surface area contributed by atoms with Crippen LogP contribution in [0.25, 0.3) is 0 Å². The number of nitrogens with two attached hydrogens (primary N) is 1. The molecule has 0 unspecified atom stereocenters. The molecule has 0 bridgehead atoms. The van der Waals surface area contributed by atoms with Gasteiger partial charge in [-0.3, -0.25) is 4.98 Å². The number of hydrogen-bond donors (Lipinski definition) is 1. The zero-order valence-electron chi connectivity index (χ0n) is 7.13. The van der Waals surface area contributed by atoms with Gasteiger partial charge in [0.05, 0.1) is 11.9 Å². The molecule has 0 spiro atoms. The fourth-order valence-electron chi connectivity index (χ4n) is 0.742. The second-order valence-corrected chi connectivity index (χ2v) is 3.58. The first-order valence-corrected chi connectivity index (χ1v) is 3.58. The van der Waals surface area contributed by atoms with Gasteiger partial charge in [-0.1, -0.05) is 20.8 Å². The van der Waals surface area contributed by atoms with Crippen LogP contribution in [-0.4, -0.2) is 9.97 Å². The first-order chi connectivity index (χ1) is 5.00. The first-order valence-electron chi connectivity index (χ1n) is 3.58. The van der Waals surface area contributed by atoms with Crippen LogP contribution in [-0.2, 0) is 5.41 Å². The molecule has 1 aromatic heterocycles. The Morgan fingerprint density at radius 3 is 2.27 bits per heavy atom. The number of rotatable bonds is 0. The SMILES string of the molecule is CC(C)(C)c1cncc(N)n1. The molecule has 0 amide bonds. The Morgan fingerprint density at radius 2 is 1.91 bits per heavy atom. The topological polar surface area (TPSA) is 51.8 Å². The van der Waals surface area contributed by atoms with E-state index in [1.54, 1.807) is 12.4 Å². The molecule has 1 heterocycles. The highest BCUT2D eigenvalue weighted by molar-refractivity contribution is 5.26. The van der Waals surface area contributed by atoms with Gasteiger partial charge in [-0.25, -0.2) is 4.98 Å². The van der Waals surface area contributed by atoms with Gasteiger partial charge in [0.1, 0.15) is 5.82 Å². The predicted molar refractivity (Wildman–Crippen MR) is 45.1 cm³/mol. The molecule has 11 heavy (non-hydrogen) atoms. The van der Waals surface area contributed by atoms with Gasteiger partial charge in [0.25, 0.3) is 0 Å². The lowest BCUT2D eigenvalue weighted by Gasteiger charge is -2.16. The smallest absolute Gasteiger partial charge is 0.142 e. The fourth-order valence-corrected chi connectivity index (χ4v) is 0.742. The highest BCUT2D eigenvalue weighted by Crippen LogP contribution is 2.18. The Balaban J connectivity index is 3.06. The minimum absolute atomic E-state index is 0.0301. The Labute approximate surface area is 66.7 Å². The van der Waals surface area contributed by atoms with Crippen molar-refractivity contribution < 1.29 is 0 Å². The number of nitrogens with zero attached hydrogens (tertiary/aromatic N) is 2. The summed E-state index contributed by atoms with van der Waals surface area (Å²) < 4.78 is 0. The molecule has 0 atom stereocenters. The molecule has 0 aliphatic heterocycles. The van der Waals surface area contributed by atoms with Crippen molar-refractivity contribution in [3.63, 3.8) is 0 Å². The van der Waals surface area contributed by atoms with Gasteiger partial charge in [-0.15, -0.1) is 0 Å². The zero-order valence-corrected chi connectivity index (χ0v) is 7.13. The van der Waals surface area contributed by atoms with Crippen molar-refractivity contribution in [3.05, 3.63) is 18.1 Å². The third-order valence-corrected chi connectivity index (χ3v) is 1.42. The van der Waals surface area contributed by atoms with Crippen LogP contribution in [0, 0.1) is 0 Å². The van der Waals surface area contributed by atoms with Crippen LogP contribution >= 0.6 is 0 Å². The van der Waals surface area contributed by atoms with E-state index >= 15 is 0 Å². The molecule has 3 nitrogen and oxygen atoms in total. The summed E-state index contributed by atoms with van der Waals surface area (Å²) in [7, 11) is 0. The lowest BCUT2D eigenvalue weighted by Crippen LogP contribution is -2.14. The van der Waals surface area contributed by atoms with Crippen LogP contribution in [0.4, 0.5) is 5.82 Å². The van der Waals surface area contributed by atoms with Gasteiger partial charge >= 0.3 is 0 Å². The molecule has 2 N–H and O–H groups in total. The Kier molecular flexibility index (Phi) is 1.81. The average Bonchev–Trinajstić information content (AvgIpc) is 1.86. The summed E-state index contributed by atoms with van der Waals surface area (Å²) in [6.07, 6.45) is 3.30. The van der Waals surface area contributed by atoms with Crippen LogP contribution < -0.4 is 5.73 Å². The largest absolute Gasteiger partial charge is 0.382 e. The molecule has 0 fully saturated rings. The van der Waals surface area contributed by atoms with E-state index in [0.717, 1.165) is 5.69 Å². The second-order valence-electron chi connectivity index (χ2n) is 3.58. The highest BCUT2D eigenvalue weighted by Gasteiger charge is 2.15. The molecule has 0 saturated carbocycles. The van der Waals surface area contributed by atoms with E-state index in [4.69, 9.17) is 5.73 Å². The third kappa shape index (κ3) is 1.90. The Bertz CT molecular complexity index is 250. The van der Waals surface area contributed by atoms with Crippen molar-refractivity contribution in [1.29, 1.82) is 0 Å². The number of nitrogen functional groups attached to an aromatic ring is 1. The summed E-state index contributed by atoms with van der Waals surface area (Å²) in [5, 5.41) is 0. The van der Waals surface area contributed by atoms with Crippen LogP contribution in [0.15, 0.2) is 12.4 Å². The maximum Gasteiger partial charge on any atom is 0.142 e. The standard InChI is InChI=1S/C8H13N3/c1-8(2,3)6-4-10-5-7(9)11-6/h4-5H,1-3H3,(H2,9,11). The molecule has 0 aromatic carbocycles. The number of aromatic nitrogens is 2. The Hall–Kier alpha value is -1.12. The van der Waals surface area contributed by atoms with Gasteiger partial charge in [-0.05, 0) is 0 Å². The van der Waals surface area contributed by atoms with Gasteiger partial charge in [0.2, 0.25) is 0 Å². The van der Waals surface area contributed by atoms with Gasteiger partial charge in [0.15, 0.2) is 0 Å². The van der Waals surface area contributed by atoms with Gasteiger partial charge in [0, 0.05) is 11.6 Å². The molecule has 60 valence electrons. The summed E-state index contributed by atoms with van der Waals surface area (Å²) in [6, 6.07) is 0. The third-order valence-electron chi connectivity index (χ3n) is 1.42. The van der Waals surface area contributed by atoms with E-state index in [9.17, 15) is 0 Å². The molecule has 1 aromatic rings. The molecular formula is C8H13N3. The van der Waals surface area contributed by atoms with Crippen molar-refractivity contribution >= 4 is 5.82 Å². The minimum atomic E-state index is 0.0301. The minimum Gasteiger partial charge on any atom is -0.382 e. The van der Waals surface area contributed by atoms with Crippen LogP contribution in [0.1, 0.15) is 26.5 Å². The molecular weight excluding hydrogens is 138 g/mol. The number of hydrogen-bond acceptors (Lipinski definition) is 3.